The molecule has 1 aliphatic heterocycles. The van der Waals surface area contributed by atoms with Gasteiger partial charge in [-0.25, -0.2) is 0 Å². The van der Waals surface area contributed by atoms with Crippen molar-refractivity contribution in [3.63, 3.8) is 0 Å². The number of aryl methyl sites for hydroxylation is 3. The molecule has 1 heterocycles. The summed E-state index contributed by atoms with van der Waals surface area (Å²) in [7, 11) is 1.55. The first-order valence-electron chi connectivity index (χ1n) is 7.46. The van der Waals surface area contributed by atoms with Crippen LogP contribution in [0.25, 0.3) is 0 Å². The second-order valence-electron chi connectivity index (χ2n) is 5.68. The minimum absolute atomic E-state index is 0.0632. The second-order valence-corrected chi connectivity index (χ2v) is 5.68. The van der Waals surface area contributed by atoms with E-state index < -0.39 is 0 Å². The van der Waals surface area contributed by atoms with Crippen molar-refractivity contribution in [3.8, 4) is 0 Å². The molecular formula is C17H22N2O4. The van der Waals surface area contributed by atoms with Crippen molar-refractivity contribution in [1.29, 1.82) is 0 Å². The summed E-state index contributed by atoms with van der Waals surface area (Å²) in [5.74, 6) is -0.514. The Morgan fingerprint density at radius 2 is 1.83 bits per heavy atom. The quantitative estimate of drug-likeness (QED) is 0.920. The Morgan fingerprint density at radius 3 is 2.39 bits per heavy atom. The normalized spacial score (nSPS) is 13.5. The number of amides is 2. The Labute approximate surface area is 136 Å². The van der Waals surface area contributed by atoms with Gasteiger partial charge >= 0.3 is 0 Å². The summed E-state index contributed by atoms with van der Waals surface area (Å²) in [6, 6.07) is 4.02. The molecule has 124 valence electrons. The number of nitrogens with one attached hydrogen (secondary N) is 1. The van der Waals surface area contributed by atoms with Crippen molar-refractivity contribution in [1.82, 2.24) is 4.90 Å². The summed E-state index contributed by atoms with van der Waals surface area (Å²) in [4.78, 5) is 25.6. The van der Waals surface area contributed by atoms with Gasteiger partial charge in [0.25, 0.3) is 5.91 Å². The van der Waals surface area contributed by atoms with Gasteiger partial charge in [0.15, 0.2) is 0 Å². The molecule has 0 spiro atoms. The first-order valence-corrected chi connectivity index (χ1v) is 7.46. The summed E-state index contributed by atoms with van der Waals surface area (Å²) in [6.07, 6.45) is 1.29. The SMILES string of the molecule is Cc1cc(C)c(NC(=O)CN(C)C(=O)C2=COCCO2)c(C)c1. The maximum atomic E-state index is 12.2. The molecule has 0 bridgehead atoms. The Balaban J connectivity index is 1.99. The molecule has 23 heavy (non-hydrogen) atoms. The zero-order valence-electron chi connectivity index (χ0n) is 13.9. The molecule has 1 aromatic rings. The number of carbonyl (C=O) groups is 2. The van der Waals surface area contributed by atoms with Crippen LogP contribution in [0.2, 0.25) is 0 Å². The highest BCUT2D eigenvalue weighted by Crippen LogP contribution is 2.21. The molecule has 6 heteroatoms. The monoisotopic (exact) mass is 318 g/mol. The minimum Gasteiger partial charge on any atom is -0.494 e. The maximum Gasteiger partial charge on any atom is 0.292 e. The number of ether oxygens (including phenoxy) is 2. The first-order chi connectivity index (χ1) is 10.9. The summed E-state index contributed by atoms with van der Waals surface area (Å²) >= 11 is 0. The highest BCUT2D eigenvalue weighted by molar-refractivity contribution is 5.98. The van der Waals surface area contributed by atoms with Crippen LogP contribution in [-0.2, 0) is 19.1 Å². The lowest BCUT2D eigenvalue weighted by Gasteiger charge is -2.21. The molecule has 0 fully saturated rings. The van der Waals surface area contributed by atoms with Gasteiger partial charge in [-0.1, -0.05) is 17.7 Å². The zero-order valence-corrected chi connectivity index (χ0v) is 13.9. The van der Waals surface area contributed by atoms with Gasteiger partial charge in [-0.3, -0.25) is 9.59 Å². The van der Waals surface area contributed by atoms with Crippen LogP contribution in [0.3, 0.4) is 0 Å². The standard InChI is InChI=1S/C17H22N2O4/c1-11-7-12(2)16(13(3)8-11)18-15(20)9-19(4)17(21)14-10-22-5-6-23-14/h7-8,10H,5-6,9H2,1-4H3,(H,18,20). The topological polar surface area (TPSA) is 67.9 Å². The van der Waals surface area contributed by atoms with Crippen LogP contribution in [0.5, 0.6) is 0 Å². The van der Waals surface area contributed by atoms with Crippen LogP contribution in [0.1, 0.15) is 16.7 Å². The molecule has 0 radical (unpaired) electrons. The van der Waals surface area contributed by atoms with E-state index in [0.717, 1.165) is 22.4 Å². The highest BCUT2D eigenvalue weighted by Gasteiger charge is 2.21. The molecule has 2 rings (SSSR count). The molecule has 0 unspecified atom stereocenters. The third-order valence-electron chi connectivity index (χ3n) is 3.53. The lowest BCUT2D eigenvalue weighted by Crippen LogP contribution is -2.37. The minimum atomic E-state index is -0.378. The number of anilines is 1. The molecule has 0 saturated heterocycles. The highest BCUT2D eigenvalue weighted by atomic mass is 16.6. The van der Waals surface area contributed by atoms with E-state index in [0.29, 0.717) is 13.2 Å². The average molecular weight is 318 g/mol. The van der Waals surface area contributed by atoms with Gasteiger partial charge in [-0.2, -0.15) is 0 Å². The van der Waals surface area contributed by atoms with Gasteiger partial charge in [-0.15, -0.1) is 0 Å². The van der Waals surface area contributed by atoms with Crippen molar-refractivity contribution >= 4 is 17.5 Å². The first kappa shape index (κ1) is 16.9. The van der Waals surface area contributed by atoms with E-state index in [4.69, 9.17) is 9.47 Å². The molecule has 6 nitrogen and oxygen atoms in total. The Kier molecular flexibility index (Phi) is 5.26. The van der Waals surface area contributed by atoms with E-state index in [-0.39, 0.29) is 24.1 Å². The smallest absolute Gasteiger partial charge is 0.292 e. The predicted octanol–water partition coefficient (Wildman–Crippen LogP) is 1.90. The third kappa shape index (κ3) is 4.25. The summed E-state index contributed by atoms with van der Waals surface area (Å²) < 4.78 is 10.3. The molecule has 1 N–H and O–H groups in total. The van der Waals surface area contributed by atoms with Crippen molar-refractivity contribution < 1.29 is 19.1 Å². The van der Waals surface area contributed by atoms with Crippen LogP contribution < -0.4 is 5.32 Å². The molecule has 0 saturated carbocycles. The van der Waals surface area contributed by atoms with Gasteiger partial charge in [-0.05, 0) is 31.9 Å². The molecule has 2 amide bonds. The largest absolute Gasteiger partial charge is 0.494 e. The van der Waals surface area contributed by atoms with Gasteiger partial charge in [0.1, 0.15) is 19.5 Å². The third-order valence-corrected chi connectivity index (χ3v) is 3.53. The Bertz CT molecular complexity index is 629. The molecule has 1 aromatic carbocycles. The molecule has 1 aliphatic rings. The van der Waals surface area contributed by atoms with Crippen LogP contribution in [0, 0.1) is 20.8 Å². The number of nitrogens with zero attached hydrogens (tertiary/aromatic N) is 1. The maximum absolute atomic E-state index is 12.2. The van der Waals surface area contributed by atoms with Crippen LogP contribution in [0.4, 0.5) is 5.69 Å². The van der Waals surface area contributed by atoms with E-state index in [1.165, 1.54) is 11.2 Å². The van der Waals surface area contributed by atoms with Gasteiger partial charge < -0.3 is 19.7 Å². The van der Waals surface area contributed by atoms with Crippen molar-refractivity contribution in [3.05, 3.63) is 40.8 Å². The number of hydrogen-bond acceptors (Lipinski definition) is 4. The Hall–Kier alpha value is -2.50. The van der Waals surface area contributed by atoms with Crippen LogP contribution in [0.15, 0.2) is 24.2 Å². The van der Waals surface area contributed by atoms with Gasteiger partial charge in [0.2, 0.25) is 11.7 Å². The van der Waals surface area contributed by atoms with E-state index in [1.807, 2.05) is 32.9 Å². The Morgan fingerprint density at radius 1 is 1.17 bits per heavy atom. The molecule has 0 aromatic heterocycles. The second kappa shape index (κ2) is 7.17. The zero-order chi connectivity index (χ0) is 17.0. The summed E-state index contributed by atoms with van der Waals surface area (Å²) in [5, 5.41) is 2.87. The predicted molar refractivity (Wildman–Crippen MR) is 86.9 cm³/mol. The van der Waals surface area contributed by atoms with E-state index in [1.54, 1.807) is 7.05 Å². The van der Waals surface area contributed by atoms with E-state index in [2.05, 4.69) is 5.32 Å². The van der Waals surface area contributed by atoms with Gasteiger partial charge in [0, 0.05) is 12.7 Å². The fourth-order valence-electron chi connectivity index (χ4n) is 2.51. The van der Waals surface area contributed by atoms with Crippen molar-refractivity contribution in [2.45, 2.75) is 20.8 Å². The number of benzene rings is 1. The van der Waals surface area contributed by atoms with Crippen molar-refractivity contribution in [2.75, 3.05) is 32.1 Å². The van der Waals surface area contributed by atoms with E-state index >= 15 is 0 Å². The van der Waals surface area contributed by atoms with Gasteiger partial charge in [0.05, 0.1) is 6.54 Å². The molecule has 0 aliphatic carbocycles. The summed E-state index contributed by atoms with van der Waals surface area (Å²) in [5.41, 5.74) is 3.93. The average Bonchev–Trinajstić information content (AvgIpc) is 2.51. The summed E-state index contributed by atoms with van der Waals surface area (Å²) in [6.45, 7) is 6.60. The number of carbonyl (C=O) groups excluding carboxylic acids is 2. The van der Waals surface area contributed by atoms with Crippen molar-refractivity contribution in [2.24, 2.45) is 0 Å². The fourth-order valence-corrected chi connectivity index (χ4v) is 2.51. The van der Waals surface area contributed by atoms with Crippen LogP contribution >= 0.6 is 0 Å². The lowest BCUT2D eigenvalue weighted by molar-refractivity contribution is -0.134. The number of hydrogen-bond donors (Lipinski definition) is 1. The number of rotatable bonds is 4. The molecular weight excluding hydrogens is 296 g/mol. The van der Waals surface area contributed by atoms with E-state index in [9.17, 15) is 9.59 Å². The van der Waals surface area contributed by atoms with Crippen LogP contribution in [-0.4, -0.2) is 43.5 Å². The lowest BCUT2D eigenvalue weighted by atomic mass is 10.1. The number of likely N-dealkylation sites (N-methyl/N-ethyl adjacent to an activating group) is 1. The molecule has 0 atom stereocenters. The fraction of sp³-hybridized carbons (Fsp3) is 0.412.